The minimum atomic E-state index is 0.948. The van der Waals surface area contributed by atoms with Crippen LogP contribution in [0.2, 0.25) is 0 Å². The van der Waals surface area contributed by atoms with Gasteiger partial charge in [0.05, 0.1) is 0 Å². The van der Waals surface area contributed by atoms with Crippen molar-refractivity contribution in [2.75, 3.05) is 0 Å². The monoisotopic (exact) mass is 159 g/mol. The number of benzene rings is 1. The van der Waals surface area contributed by atoms with E-state index in [9.17, 15) is 0 Å². The van der Waals surface area contributed by atoms with E-state index in [1.165, 1.54) is 37.7 Å². The molecular weight excluding hydrogens is 144 g/mol. The topological polar surface area (TPSA) is 0 Å². The van der Waals surface area contributed by atoms with Gasteiger partial charge in [-0.2, -0.15) is 0 Å². The molecule has 1 radical (unpaired) electrons. The molecule has 0 heteroatoms. The van der Waals surface area contributed by atoms with Crippen LogP contribution in [-0.4, -0.2) is 0 Å². The molecule has 2 rings (SSSR count). The Morgan fingerprint density at radius 1 is 1.25 bits per heavy atom. The zero-order chi connectivity index (χ0) is 8.23. The van der Waals surface area contributed by atoms with E-state index < -0.39 is 0 Å². The summed E-state index contributed by atoms with van der Waals surface area (Å²) in [5.41, 5.74) is 1.39. The van der Waals surface area contributed by atoms with Gasteiger partial charge in [0.1, 0.15) is 0 Å². The van der Waals surface area contributed by atoms with Crippen LogP contribution in [0.3, 0.4) is 0 Å². The lowest BCUT2D eigenvalue weighted by Crippen LogP contribution is -1.97. The molecule has 0 bridgehead atoms. The van der Waals surface area contributed by atoms with Crippen molar-refractivity contribution >= 4 is 0 Å². The lowest BCUT2D eigenvalue weighted by molar-refractivity contribution is 0.546. The molecule has 0 aromatic heterocycles. The van der Waals surface area contributed by atoms with Crippen molar-refractivity contribution < 1.29 is 0 Å². The van der Waals surface area contributed by atoms with E-state index in [1.807, 2.05) is 12.1 Å². The zero-order valence-electron chi connectivity index (χ0n) is 7.42. The van der Waals surface area contributed by atoms with Crippen LogP contribution < -0.4 is 0 Å². The third-order valence-corrected chi connectivity index (χ3v) is 2.76. The van der Waals surface area contributed by atoms with Crippen molar-refractivity contribution in [2.24, 2.45) is 5.92 Å². The van der Waals surface area contributed by atoms with Gasteiger partial charge in [0, 0.05) is 0 Å². The normalized spacial score (nSPS) is 18.3. The number of rotatable bonds is 2. The summed E-state index contributed by atoms with van der Waals surface area (Å²) in [6.07, 6.45) is 7.00. The Bertz CT molecular complexity index is 219. The highest BCUT2D eigenvalue weighted by Gasteiger charge is 2.14. The van der Waals surface area contributed by atoms with Crippen LogP contribution in [0.15, 0.2) is 24.3 Å². The molecule has 1 aliphatic rings. The zero-order valence-corrected chi connectivity index (χ0v) is 7.42. The Hall–Kier alpha value is -0.780. The van der Waals surface area contributed by atoms with Gasteiger partial charge in [0.25, 0.3) is 0 Å². The van der Waals surface area contributed by atoms with Crippen molar-refractivity contribution in [1.29, 1.82) is 0 Å². The molecule has 1 fully saturated rings. The van der Waals surface area contributed by atoms with Crippen LogP contribution in [0.25, 0.3) is 0 Å². The maximum absolute atomic E-state index is 3.30. The molecule has 0 nitrogen and oxygen atoms in total. The first-order chi connectivity index (χ1) is 5.95. The lowest BCUT2D eigenvalue weighted by atomic mass is 9.98. The molecule has 0 aliphatic heterocycles. The summed E-state index contributed by atoms with van der Waals surface area (Å²) in [6.45, 7) is 0. The van der Waals surface area contributed by atoms with Crippen LogP contribution in [0.4, 0.5) is 0 Å². The second-order valence-electron chi connectivity index (χ2n) is 3.74. The van der Waals surface area contributed by atoms with E-state index in [4.69, 9.17) is 0 Å². The Morgan fingerprint density at radius 3 is 2.75 bits per heavy atom. The summed E-state index contributed by atoms with van der Waals surface area (Å²) in [5, 5.41) is 0. The van der Waals surface area contributed by atoms with Crippen LogP contribution in [0.5, 0.6) is 0 Å². The molecular formula is C12H15. The van der Waals surface area contributed by atoms with Crippen LogP contribution >= 0.6 is 0 Å². The maximum atomic E-state index is 3.30. The van der Waals surface area contributed by atoms with Crippen LogP contribution in [-0.2, 0) is 6.42 Å². The predicted molar refractivity (Wildman–Crippen MR) is 50.9 cm³/mol. The third-order valence-electron chi connectivity index (χ3n) is 2.76. The highest BCUT2D eigenvalue weighted by molar-refractivity contribution is 5.13. The van der Waals surface area contributed by atoms with Crippen LogP contribution in [0.1, 0.15) is 31.2 Å². The largest absolute Gasteiger partial charge is 0.0620 e. The molecule has 0 amide bonds. The predicted octanol–water partition coefficient (Wildman–Crippen LogP) is 3.22. The third kappa shape index (κ3) is 1.88. The molecule has 0 saturated heterocycles. The molecule has 12 heavy (non-hydrogen) atoms. The van der Waals surface area contributed by atoms with E-state index in [2.05, 4.69) is 18.2 Å². The average Bonchev–Trinajstić information content (AvgIpc) is 2.59. The molecule has 0 atom stereocenters. The highest BCUT2D eigenvalue weighted by Crippen LogP contribution is 2.27. The summed E-state index contributed by atoms with van der Waals surface area (Å²) in [6, 6.07) is 11.7. The second-order valence-corrected chi connectivity index (χ2v) is 3.74. The summed E-state index contributed by atoms with van der Waals surface area (Å²) in [4.78, 5) is 0. The fourth-order valence-electron chi connectivity index (χ4n) is 2.08. The minimum Gasteiger partial charge on any atom is -0.0620 e. The molecule has 1 aromatic carbocycles. The Kier molecular flexibility index (Phi) is 2.45. The first kappa shape index (κ1) is 7.85. The minimum absolute atomic E-state index is 0.948. The van der Waals surface area contributed by atoms with E-state index in [0.717, 1.165) is 5.92 Å². The fraction of sp³-hybridized carbons (Fsp3) is 0.500. The summed E-state index contributed by atoms with van der Waals surface area (Å²) >= 11 is 0. The van der Waals surface area contributed by atoms with Crippen molar-refractivity contribution in [3.8, 4) is 0 Å². The molecule has 63 valence electrons. The SMILES string of the molecule is [c]1ccccc1CC1CCCC1. The standard InChI is InChI=1S/C12H15/c1-2-6-11(7-3-1)10-12-8-4-5-9-12/h1-3,6,12H,4-5,8-10H2. The highest BCUT2D eigenvalue weighted by atomic mass is 14.2. The lowest BCUT2D eigenvalue weighted by Gasteiger charge is -2.07. The van der Waals surface area contributed by atoms with Gasteiger partial charge >= 0.3 is 0 Å². The van der Waals surface area contributed by atoms with Gasteiger partial charge in [0.15, 0.2) is 0 Å². The van der Waals surface area contributed by atoms with Crippen LogP contribution in [0, 0.1) is 12.0 Å². The van der Waals surface area contributed by atoms with E-state index in [-0.39, 0.29) is 0 Å². The molecule has 1 aromatic rings. The maximum Gasteiger partial charge on any atom is -0.0149 e. The van der Waals surface area contributed by atoms with Gasteiger partial charge in [-0.15, -0.1) is 0 Å². The quantitative estimate of drug-likeness (QED) is 0.621. The van der Waals surface area contributed by atoms with Gasteiger partial charge in [-0.1, -0.05) is 49.9 Å². The van der Waals surface area contributed by atoms with Gasteiger partial charge < -0.3 is 0 Å². The smallest absolute Gasteiger partial charge is 0.0149 e. The Morgan fingerprint density at radius 2 is 2.08 bits per heavy atom. The first-order valence-corrected chi connectivity index (χ1v) is 4.91. The molecule has 0 N–H and O–H groups in total. The Labute approximate surface area is 74.6 Å². The Balaban J connectivity index is 1.94. The fourth-order valence-corrected chi connectivity index (χ4v) is 2.08. The van der Waals surface area contributed by atoms with Crippen molar-refractivity contribution in [2.45, 2.75) is 32.1 Å². The van der Waals surface area contributed by atoms with Gasteiger partial charge in [-0.05, 0) is 24.0 Å². The first-order valence-electron chi connectivity index (χ1n) is 4.91. The molecule has 1 aliphatic carbocycles. The average molecular weight is 159 g/mol. The number of hydrogen-bond acceptors (Lipinski definition) is 0. The van der Waals surface area contributed by atoms with E-state index >= 15 is 0 Å². The van der Waals surface area contributed by atoms with Gasteiger partial charge in [-0.3, -0.25) is 0 Å². The summed E-state index contributed by atoms with van der Waals surface area (Å²) < 4.78 is 0. The second kappa shape index (κ2) is 3.75. The van der Waals surface area contributed by atoms with Gasteiger partial charge in [-0.25, -0.2) is 0 Å². The molecule has 0 unspecified atom stereocenters. The molecule has 1 saturated carbocycles. The molecule has 0 spiro atoms. The van der Waals surface area contributed by atoms with Crippen molar-refractivity contribution in [1.82, 2.24) is 0 Å². The van der Waals surface area contributed by atoms with E-state index in [0.29, 0.717) is 0 Å². The van der Waals surface area contributed by atoms with Crippen molar-refractivity contribution in [3.05, 3.63) is 35.9 Å². The summed E-state index contributed by atoms with van der Waals surface area (Å²) in [7, 11) is 0. The van der Waals surface area contributed by atoms with Crippen molar-refractivity contribution in [3.63, 3.8) is 0 Å². The molecule has 0 heterocycles. The summed E-state index contributed by atoms with van der Waals surface area (Å²) in [5.74, 6) is 0.948. The van der Waals surface area contributed by atoms with E-state index in [1.54, 1.807) is 0 Å². The number of hydrogen-bond donors (Lipinski definition) is 0. The van der Waals surface area contributed by atoms with Gasteiger partial charge in [0.2, 0.25) is 0 Å².